The van der Waals surface area contributed by atoms with Crippen LogP contribution in [0, 0.1) is 0 Å². The Morgan fingerprint density at radius 1 is 1.43 bits per heavy atom. The Balaban J connectivity index is 2.10. The molecule has 2 rings (SSSR count). The number of nitrogens with zero attached hydrogens (tertiary/aromatic N) is 1. The number of alkyl halides is 1. The van der Waals surface area contributed by atoms with Crippen molar-refractivity contribution in [3.8, 4) is 5.75 Å². The van der Waals surface area contributed by atoms with Crippen molar-refractivity contribution in [1.82, 2.24) is 4.98 Å². The lowest BCUT2D eigenvalue weighted by molar-refractivity contribution is 0.319. The number of aromatic nitrogens is 1. The van der Waals surface area contributed by atoms with Crippen LogP contribution in [0.2, 0.25) is 0 Å². The Hall–Kier alpha value is -0.610. The van der Waals surface area contributed by atoms with Gasteiger partial charge in [-0.25, -0.2) is 4.98 Å². The van der Waals surface area contributed by atoms with E-state index in [4.69, 9.17) is 4.74 Å². The van der Waals surface area contributed by atoms with E-state index in [-0.39, 0.29) is 0 Å². The molecular weight excluding hydrogens is 262 g/mol. The summed E-state index contributed by atoms with van der Waals surface area (Å²) in [6.07, 6.45) is 1.03. The van der Waals surface area contributed by atoms with Crippen LogP contribution in [0.15, 0.2) is 23.7 Å². The maximum absolute atomic E-state index is 5.57. The monoisotopic (exact) mass is 271 g/mol. The number of thiazole rings is 1. The molecule has 0 bridgehead atoms. The molecule has 0 aliphatic rings. The number of ether oxygens (including phenoxy) is 1. The van der Waals surface area contributed by atoms with Crippen molar-refractivity contribution >= 4 is 37.5 Å². The Labute approximate surface area is 95.0 Å². The Kier molecular flexibility index (Phi) is 3.37. The number of halogens is 1. The summed E-state index contributed by atoms with van der Waals surface area (Å²) in [7, 11) is 0. The molecule has 1 aromatic heterocycles. The highest BCUT2D eigenvalue weighted by atomic mass is 79.9. The van der Waals surface area contributed by atoms with Crippen LogP contribution in [-0.4, -0.2) is 16.9 Å². The zero-order valence-corrected chi connectivity index (χ0v) is 9.97. The maximum atomic E-state index is 5.57. The SMILES string of the molecule is BrCCCOc1ccc2ncsc2c1. The van der Waals surface area contributed by atoms with Crippen LogP contribution >= 0.6 is 27.3 Å². The van der Waals surface area contributed by atoms with Gasteiger partial charge in [0.25, 0.3) is 0 Å². The molecule has 1 aromatic carbocycles. The minimum atomic E-state index is 0.759. The van der Waals surface area contributed by atoms with E-state index in [1.165, 1.54) is 4.70 Å². The van der Waals surface area contributed by atoms with E-state index in [0.29, 0.717) is 0 Å². The van der Waals surface area contributed by atoms with E-state index in [9.17, 15) is 0 Å². The molecule has 0 atom stereocenters. The summed E-state index contributed by atoms with van der Waals surface area (Å²) in [5.74, 6) is 0.933. The molecule has 1 heterocycles. The highest BCUT2D eigenvalue weighted by Crippen LogP contribution is 2.23. The van der Waals surface area contributed by atoms with Gasteiger partial charge in [0.2, 0.25) is 0 Å². The van der Waals surface area contributed by atoms with E-state index in [1.54, 1.807) is 11.3 Å². The van der Waals surface area contributed by atoms with Crippen LogP contribution in [0.3, 0.4) is 0 Å². The predicted octanol–water partition coefficient (Wildman–Crippen LogP) is 3.46. The van der Waals surface area contributed by atoms with E-state index >= 15 is 0 Å². The summed E-state index contributed by atoms with van der Waals surface area (Å²) < 4.78 is 6.75. The molecule has 0 unspecified atom stereocenters. The first-order chi connectivity index (χ1) is 6.90. The molecule has 4 heteroatoms. The minimum Gasteiger partial charge on any atom is -0.494 e. The second-order valence-corrected chi connectivity index (χ2v) is 4.55. The molecule has 14 heavy (non-hydrogen) atoms. The smallest absolute Gasteiger partial charge is 0.120 e. The van der Waals surface area contributed by atoms with Gasteiger partial charge in [-0.3, -0.25) is 0 Å². The zero-order valence-electron chi connectivity index (χ0n) is 7.57. The van der Waals surface area contributed by atoms with E-state index in [0.717, 1.165) is 29.6 Å². The van der Waals surface area contributed by atoms with Gasteiger partial charge >= 0.3 is 0 Å². The summed E-state index contributed by atoms with van der Waals surface area (Å²) >= 11 is 5.01. The van der Waals surface area contributed by atoms with Crippen LogP contribution in [-0.2, 0) is 0 Å². The average molecular weight is 272 g/mol. The molecule has 0 aliphatic carbocycles. The minimum absolute atomic E-state index is 0.759. The number of rotatable bonds is 4. The molecule has 74 valence electrons. The molecule has 0 amide bonds. The highest BCUT2D eigenvalue weighted by molar-refractivity contribution is 9.09. The fourth-order valence-corrected chi connectivity index (χ4v) is 2.10. The first-order valence-corrected chi connectivity index (χ1v) is 6.42. The van der Waals surface area contributed by atoms with Crippen LogP contribution in [0.5, 0.6) is 5.75 Å². The van der Waals surface area contributed by atoms with Crippen molar-refractivity contribution in [2.24, 2.45) is 0 Å². The Morgan fingerprint density at radius 3 is 3.21 bits per heavy atom. The molecule has 0 saturated heterocycles. The molecular formula is C10H10BrNOS. The van der Waals surface area contributed by atoms with E-state index < -0.39 is 0 Å². The topological polar surface area (TPSA) is 22.1 Å². The third kappa shape index (κ3) is 2.25. The van der Waals surface area contributed by atoms with Gasteiger partial charge in [-0.05, 0) is 24.6 Å². The summed E-state index contributed by atoms with van der Waals surface area (Å²) in [6.45, 7) is 0.759. The lowest BCUT2D eigenvalue weighted by Crippen LogP contribution is -1.96. The average Bonchev–Trinajstić information content (AvgIpc) is 2.65. The third-order valence-electron chi connectivity index (χ3n) is 1.85. The van der Waals surface area contributed by atoms with Crippen LogP contribution in [0.25, 0.3) is 10.2 Å². The first-order valence-electron chi connectivity index (χ1n) is 4.42. The van der Waals surface area contributed by atoms with Gasteiger partial charge < -0.3 is 4.74 Å². The fraction of sp³-hybridized carbons (Fsp3) is 0.300. The fourth-order valence-electron chi connectivity index (χ4n) is 1.17. The molecule has 0 spiro atoms. The predicted molar refractivity (Wildman–Crippen MR) is 63.5 cm³/mol. The third-order valence-corrected chi connectivity index (χ3v) is 3.20. The van der Waals surface area contributed by atoms with Crippen molar-refractivity contribution in [3.63, 3.8) is 0 Å². The number of fused-ring (bicyclic) bond motifs is 1. The number of benzene rings is 1. The van der Waals surface area contributed by atoms with Gasteiger partial charge in [0.05, 0.1) is 22.3 Å². The Morgan fingerprint density at radius 2 is 2.36 bits per heavy atom. The van der Waals surface area contributed by atoms with Gasteiger partial charge in [0, 0.05) is 5.33 Å². The van der Waals surface area contributed by atoms with Crippen molar-refractivity contribution in [2.45, 2.75) is 6.42 Å². The highest BCUT2D eigenvalue weighted by Gasteiger charge is 1.98. The number of hydrogen-bond donors (Lipinski definition) is 0. The summed E-state index contributed by atoms with van der Waals surface area (Å²) in [5, 5.41) is 0.982. The van der Waals surface area contributed by atoms with Crippen LogP contribution in [0.1, 0.15) is 6.42 Å². The zero-order chi connectivity index (χ0) is 9.80. The lowest BCUT2D eigenvalue weighted by atomic mass is 10.3. The van der Waals surface area contributed by atoms with E-state index in [1.807, 2.05) is 23.7 Å². The summed E-state index contributed by atoms with van der Waals surface area (Å²) in [6, 6.07) is 6.01. The second-order valence-electron chi connectivity index (χ2n) is 2.87. The first kappa shape index (κ1) is 9.93. The molecule has 0 saturated carbocycles. The maximum Gasteiger partial charge on any atom is 0.120 e. The largest absolute Gasteiger partial charge is 0.494 e. The Bertz CT molecular complexity index is 415. The lowest BCUT2D eigenvalue weighted by Gasteiger charge is -2.03. The van der Waals surface area contributed by atoms with Crippen molar-refractivity contribution in [2.75, 3.05) is 11.9 Å². The van der Waals surface area contributed by atoms with Gasteiger partial charge in [-0.1, -0.05) is 15.9 Å². The molecule has 2 nitrogen and oxygen atoms in total. The normalized spacial score (nSPS) is 10.6. The summed E-state index contributed by atoms with van der Waals surface area (Å²) in [4.78, 5) is 4.21. The molecule has 0 radical (unpaired) electrons. The summed E-state index contributed by atoms with van der Waals surface area (Å²) in [5.41, 5.74) is 2.90. The molecule has 0 aliphatic heterocycles. The quantitative estimate of drug-likeness (QED) is 0.628. The van der Waals surface area contributed by atoms with Gasteiger partial charge in [0.15, 0.2) is 0 Å². The van der Waals surface area contributed by atoms with Crippen molar-refractivity contribution in [3.05, 3.63) is 23.7 Å². The number of hydrogen-bond acceptors (Lipinski definition) is 3. The van der Waals surface area contributed by atoms with E-state index in [2.05, 4.69) is 20.9 Å². The van der Waals surface area contributed by atoms with Crippen molar-refractivity contribution < 1.29 is 4.74 Å². The van der Waals surface area contributed by atoms with Gasteiger partial charge in [-0.2, -0.15) is 0 Å². The molecule has 0 fully saturated rings. The standard InChI is InChI=1S/C10H10BrNOS/c11-4-1-5-13-8-2-3-9-10(6-8)14-7-12-9/h2-3,6-7H,1,4-5H2. The van der Waals surface area contributed by atoms with Crippen LogP contribution < -0.4 is 4.74 Å². The molecule has 0 N–H and O–H groups in total. The molecule has 2 aromatic rings. The van der Waals surface area contributed by atoms with Gasteiger partial charge in [-0.15, -0.1) is 11.3 Å². The second kappa shape index (κ2) is 4.75. The van der Waals surface area contributed by atoms with Gasteiger partial charge in [0.1, 0.15) is 5.75 Å². The van der Waals surface area contributed by atoms with Crippen molar-refractivity contribution in [1.29, 1.82) is 0 Å². The van der Waals surface area contributed by atoms with Crippen LogP contribution in [0.4, 0.5) is 0 Å².